The van der Waals surface area contributed by atoms with Gasteiger partial charge in [-0.25, -0.2) is 28.1 Å². The minimum absolute atomic E-state index is 0.0538. The quantitative estimate of drug-likeness (QED) is 0.227. The average Bonchev–Trinajstić information content (AvgIpc) is 3.44. The molecule has 0 bridgehead atoms. The molecule has 45 heavy (non-hydrogen) atoms. The van der Waals surface area contributed by atoms with Crippen LogP contribution in [0.5, 0.6) is 11.5 Å². The van der Waals surface area contributed by atoms with Gasteiger partial charge in [-0.2, -0.15) is 0 Å². The van der Waals surface area contributed by atoms with Crippen LogP contribution in [0.4, 0.5) is 25.0 Å². The van der Waals surface area contributed by atoms with E-state index in [9.17, 15) is 14.4 Å². The fourth-order valence-corrected chi connectivity index (χ4v) is 5.00. The van der Waals surface area contributed by atoms with Crippen LogP contribution in [0.25, 0.3) is 11.0 Å². The van der Waals surface area contributed by atoms with Gasteiger partial charge in [-0.15, -0.1) is 0 Å². The number of carbonyl (C=O) groups excluding carboxylic acids is 1. The summed E-state index contributed by atoms with van der Waals surface area (Å²) in [4.78, 5) is 45.9. The molecule has 244 valence electrons. The number of morpholine rings is 1. The van der Waals surface area contributed by atoms with E-state index in [2.05, 4.69) is 14.9 Å². The maximum Gasteiger partial charge on any atom is 0.335 e. The first-order chi connectivity index (χ1) is 21.4. The van der Waals surface area contributed by atoms with Gasteiger partial charge in [0.25, 0.3) is 0 Å². The number of aromatic nitrogens is 2. The van der Waals surface area contributed by atoms with Gasteiger partial charge in [0.2, 0.25) is 0 Å². The van der Waals surface area contributed by atoms with E-state index >= 15 is 8.78 Å². The fraction of sp³-hybridized carbons (Fsp3) is 0.429. The van der Waals surface area contributed by atoms with Crippen molar-refractivity contribution in [2.75, 3.05) is 56.9 Å². The van der Waals surface area contributed by atoms with E-state index in [0.717, 1.165) is 35.1 Å². The number of aliphatic hydroxyl groups is 2. The number of hydrogen-bond donors (Lipinski definition) is 5. The van der Waals surface area contributed by atoms with Crippen molar-refractivity contribution < 1.29 is 57.8 Å². The molecular weight excluding hydrogens is 604 g/mol. The number of aliphatic hydroxyl groups excluding tert-OH is 2. The number of fused-ring (bicyclic) bond motifs is 3. The molecule has 2 unspecified atom stereocenters. The van der Waals surface area contributed by atoms with Crippen LogP contribution in [-0.2, 0) is 27.4 Å². The number of carboxylic acids is 2. The number of rotatable bonds is 9. The largest absolute Gasteiger partial charge is 0.493 e. The fourth-order valence-electron chi connectivity index (χ4n) is 5.00. The highest BCUT2D eigenvalue weighted by atomic mass is 19.1. The highest BCUT2D eigenvalue weighted by Gasteiger charge is 2.37. The molecule has 1 saturated heterocycles. The lowest BCUT2D eigenvalue weighted by Crippen LogP contribution is -2.48. The van der Waals surface area contributed by atoms with Crippen LogP contribution in [-0.4, -0.2) is 113 Å². The van der Waals surface area contributed by atoms with Crippen molar-refractivity contribution in [1.82, 2.24) is 14.9 Å². The van der Waals surface area contributed by atoms with Gasteiger partial charge in [0.05, 0.1) is 39.7 Å². The molecule has 0 spiro atoms. The number of aromatic amines is 1. The Kier molecular flexibility index (Phi) is 10.4. The molecule has 2 aliphatic rings. The highest BCUT2D eigenvalue weighted by Crippen LogP contribution is 2.42. The molecule has 15 nitrogen and oxygen atoms in total. The summed E-state index contributed by atoms with van der Waals surface area (Å²) in [5.74, 6) is -5.91. The summed E-state index contributed by atoms with van der Waals surface area (Å²) in [6, 6.07) is 2.57. The third kappa shape index (κ3) is 6.75. The Labute approximate surface area is 255 Å². The number of urea groups is 1. The first-order valence-electron chi connectivity index (χ1n) is 13.7. The van der Waals surface area contributed by atoms with Crippen LogP contribution in [0.2, 0.25) is 0 Å². The van der Waals surface area contributed by atoms with Crippen molar-refractivity contribution in [3.8, 4) is 11.5 Å². The summed E-state index contributed by atoms with van der Waals surface area (Å²) in [5.41, 5.74) is 2.49. The lowest BCUT2D eigenvalue weighted by atomic mass is 10.1. The maximum absolute atomic E-state index is 15.2. The molecule has 2 atom stereocenters. The molecule has 5 rings (SSSR count). The number of nitrogens with zero attached hydrogens (tertiary/aromatic N) is 4. The zero-order chi connectivity index (χ0) is 33.0. The Hall–Kier alpha value is -4.58. The minimum Gasteiger partial charge on any atom is -0.493 e. The van der Waals surface area contributed by atoms with Crippen molar-refractivity contribution >= 4 is 40.4 Å². The first kappa shape index (κ1) is 33.3. The minimum atomic E-state index is -2.27. The topological polar surface area (TPSA) is 198 Å². The molecule has 17 heteroatoms. The third-order valence-electron chi connectivity index (χ3n) is 7.26. The van der Waals surface area contributed by atoms with Crippen LogP contribution in [0, 0.1) is 11.6 Å². The van der Waals surface area contributed by atoms with Gasteiger partial charge in [0.1, 0.15) is 11.3 Å². The molecule has 3 aromatic rings. The van der Waals surface area contributed by atoms with E-state index in [0.29, 0.717) is 43.2 Å². The summed E-state index contributed by atoms with van der Waals surface area (Å²) in [7, 11) is 2.54. The number of pyridine rings is 1. The molecule has 2 aromatic heterocycles. The smallest absolute Gasteiger partial charge is 0.335 e. The second-order valence-electron chi connectivity index (χ2n) is 10.0. The number of methoxy groups -OCH3 is 2. The van der Waals surface area contributed by atoms with Crippen LogP contribution in [0.3, 0.4) is 0 Å². The summed E-state index contributed by atoms with van der Waals surface area (Å²) in [6.07, 6.45) is -2.89. The molecule has 0 saturated carbocycles. The zero-order valence-corrected chi connectivity index (χ0v) is 24.6. The van der Waals surface area contributed by atoms with E-state index in [4.69, 9.17) is 34.6 Å². The summed E-state index contributed by atoms with van der Waals surface area (Å²) >= 11 is 0. The molecule has 5 N–H and O–H groups in total. The van der Waals surface area contributed by atoms with Gasteiger partial charge in [-0.3, -0.25) is 14.7 Å². The van der Waals surface area contributed by atoms with Crippen molar-refractivity contribution in [3.05, 3.63) is 41.2 Å². The van der Waals surface area contributed by atoms with Crippen LogP contribution < -0.4 is 19.3 Å². The zero-order valence-electron chi connectivity index (χ0n) is 24.6. The average molecular weight is 638 g/mol. The molecule has 0 aliphatic carbocycles. The number of aliphatic carboxylic acids is 2. The van der Waals surface area contributed by atoms with Crippen LogP contribution in [0.15, 0.2) is 18.3 Å². The van der Waals surface area contributed by atoms with Crippen molar-refractivity contribution in [1.29, 1.82) is 0 Å². The Morgan fingerprint density at radius 3 is 2.11 bits per heavy atom. The number of halogens is 2. The van der Waals surface area contributed by atoms with Gasteiger partial charge < -0.3 is 39.6 Å². The van der Waals surface area contributed by atoms with E-state index < -0.39 is 47.5 Å². The summed E-state index contributed by atoms with van der Waals surface area (Å²) in [6.45, 7) is 5.86. The monoisotopic (exact) mass is 637 g/mol. The van der Waals surface area contributed by atoms with Crippen LogP contribution >= 0.6 is 0 Å². The second kappa shape index (κ2) is 14.0. The Balaban J connectivity index is 0.000000399. The van der Waals surface area contributed by atoms with Crippen molar-refractivity contribution in [3.63, 3.8) is 0 Å². The number of carbonyl (C=O) groups is 3. The predicted octanol–water partition coefficient (Wildman–Crippen LogP) is 1.53. The number of amides is 2. The summed E-state index contributed by atoms with van der Waals surface area (Å²) < 4.78 is 46.0. The normalized spacial score (nSPS) is 16.5. The van der Waals surface area contributed by atoms with E-state index in [-0.39, 0.29) is 18.0 Å². The first-order valence-corrected chi connectivity index (χ1v) is 13.7. The Morgan fingerprint density at radius 1 is 1.02 bits per heavy atom. The van der Waals surface area contributed by atoms with Gasteiger partial charge >= 0.3 is 18.0 Å². The van der Waals surface area contributed by atoms with Gasteiger partial charge in [-0.05, 0) is 13.0 Å². The van der Waals surface area contributed by atoms with Crippen molar-refractivity contribution in [2.24, 2.45) is 0 Å². The molecule has 2 amide bonds. The molecule has 1 fully saturated rings. The Bertz CT molecular complexity index is 1530. The highest BCUT2D eigenvalue weighted by molar-refractivity contribution is 6.11. The van der Waals surface area contributed by atoms with Crippen molar-refractivity contribution in [2.45, 2.75) is 32.2 Å². The molecular formula is C28H33F2N5O10. The lowest BCUT2D eigenvalue weighted by molar-refractivity contribution is -0.165. The third-order valence-corrected chi connectivity index (χ3v) is 7.26. The molecule has 1 aromatic carbocycles. The number of ether oxygens (including phenoxy) is 3. The number of nitrogens with one attached hydrogen (secondary N) is 1. The number of hydrogen-bond acceptors (Lipinski definition) is 10. The maximum atomic E-state index is 15.2. The standard InChI is InChI=1S/C24H27F2N5O4.C4H6O6/c1-4-30-21-14(11-27-23-16(21)9-15(28-23)13-29-5-7-35-8-6-29)12-31(24(30)32)22-19(25)17(33-2)10-18(34-3)20(22)26;5-1(3(7)8)2(6)4(9)10/h9-11H,4-8,12-13H2,1-3H3,(H,27,28);1-2,5-6H,(H,7,8)(H,9,10). The number of anilines is 2. The molecule has 0 radical (unpaired) electrons. The van der Waals surface area contributed by atoms with Gasteiger partial charge in [0.15, 0.2) is 35.3 Å². The SMILES string of the molecule is CCN1C(=O)N(c2c(F)c(OC)cc(OC)c2F)Cc2cnc3[nH]c(CN4CCOCC4)cc3c21.O=C(O)C(O)C(O)C(=O)O. The van der Waals surface area contributed by atoms with Gasteiger partial charge in [0, 0.05) is 55.1 Å². The molecule has 4 heterocycles. The lowest BCUT2D eigenvalue weighted by Gasteiger charge is -2.37. The van der Waals surface area contributed by atoms with E-state index in [1.807, 2.05) is 13.0 Å². The number of H-pyrrole nitrogens is 1. The second-order valence-corrected chi connectivity index (χ2v) is 10.0. The van der Waals surface area contributed by atoms with Gasteiger partial charge in [-0.1, -0.05) is 0 Å². The number of carboxylic acid groups (broad SMARTS) is 2. The van der Waals surface area contributed by atoms with E-state index in [1.54, 1.807) is 6.20 Å². The predicted molar refractivity (Wildman–Crippen MR) is 154 cm³/mol. The van der Waals surface area contributed by atoms with E-state index in [1.165, 1.54) is 19.1 Å². The summed E-state index contributed by atoms with van der Waals surface area (Å²) in [5, 5.41) is 33.3. The van der Waals surface area contributed by atoms with Crippen LogP contribution in [0.1, 0.15) is 18.2 Å². The number of benzene rings is 1. The molecule has 2 aliphatic heterocycles. The Morgan fingerprint density at radius 2 is 1.60 bits per heavy atom.